The average molecular weight is 612 g/mol. The maximum atomic E-state index is 13.4. The van der Waals surface area contributed by atoms with Crippen LogP contribution in [0, 0.1) is 35.0 Å². The lowest BCUT2D eigenvalue weighted by molar-refractivity contribution is -0.145. The van der Waals surface area contributed by atoms with Crippen molar-refractivity contribution in [3.63, 3.8) is 0 Å². The predicted octanol–water partition coefficient (Wildman–Crippen LogP) is 4.23. The SMILES string of the molecule is CC(C)[C@H](CC(=O)[C@H](C)NC(=O)[C@@H](CC(=O)c1ccccc1)C(C)(C)C)C(=O)C(=O)C[C@H](C(=O)N1CCN(C)CC1)C(C)C. The van der Waals surface area contributed by atoms with Gasteiger partial charge in [0.05, 0.1) is 12.0 Å². The van der Waals surface area contributed by atoms with Crippen molar-refractivity contribution in [2.75, 3.05) is 33.2 Å². The van der Waals surface area contributed by atoms with Crippen molar-refractivity contribution >= 4 is 34.9 Å². The van der Waals surface area contributed by atoms with Crippen molar-refractivity contribution < 1.29 is 28.8 Å². The van der Waals surface area contributed by atoms with Gasteiger partial charge in [-0.2, -0.15) is 0 Å². The molecule has 1 fully saturated rings. The first-order chi connectivity index (χ1) is 20.4. The molecule has 1 aliphatic rings. The fourth-order valence-corrected chi connectivity index (χ4v) is 5.52. The molecule has 1 aliphatic heterocycles. The number of nitrogens with one attached hydrogen (secondary N) is 1. The van der Waals surface area contributed by atoms with Crippen molar-refractivity contribution in [1.29, 1.82) is 0 Å². The fraction of sp³-hybridized carbons (Fsp3) is 0.657. The second-order valence-corrected chi connectivity index (χ2v) is 14.1. The third-order valence-corrected chi connectivity index (χ3v) is 8.87. The molecule has 9 heteroatoms. The van der Waals surface area contributed by atoms with Crippen LogP contribution >= 0.6 is 0 Å². The standard InChI is InChI=1S/C35H53N3O6/c1-22(2)26(32(42)31(41)20-27(23(3)4)34(44)38-17-15-37(9)16-18-38)19-29(39)24(5)36-33(43)28(35(6,7)8)21-30(40)25-13-11-10-12-14-25/h10-14,22-24,26-28H,15-21H2,1-9H3,(H,36,43)/t24-,26-,27-,28+/m0/s1. The number of hydrogen-bond donors (Lipinski definition) is 1. The van der Waals surface area contributed by atoms with Gasteiger partial charge in [0.15, 0.2) is 17.3 Å². The quantitative estimate of drug-likeness (QED) is 0.233. The minimum atomic E-state index is -0.912. The van der Waals surface area contributed by atoms with Gasteiger partial charge in [0.1, 0.15) is 0 Å². The van der Waals surface area contributed by atoms with Crippen LogP contribution in [0.1, 0.15) is 85.0 Å². The summed E-state index contributed by atoms with van der Waals surface area (Å²) in [6.07, 6.45) is -0.397. The molecule has 44 heavy (non-hydrogen) atoms. The molecule has 0 bridgehead atoms. The lowest BCUT2D eigenvalue weighted by atomic mass is 9.76. The zero-order valence-corrected chi connectivity index (χ0v) is 28.1. The van der Waals surface area contributed by atoms with E-state index >= 15 is 0 Å². The molecule has 1 aromatic carbocycles. The van der Waals surface area contributed by atoms with Crippen LogP contribution in [-0.4, -0.2) is 84.0 Å². The highest BCUT2D eigenvalue weighted by Gasteiger charge is 2.38. The van der Waals surface area contributed by atoms with Gasteiger partial charge < -0.3 is 15.1 Å². The van der Waals surface area contributed by atoms with Crippen LogP contribution in [0.15, 0.2) is 30.3 Å². The third-order valence-electron chi connectivity index (χ3n) is 8.87. The molecule has 0 spiro atoms. The zero-order chi connectivity index (χ0) is 33.4. The number of amides is 2. The van der Waals surface area contributed by atoms with Crippen LogP contribution in [0.5, 0.6) is 0 Å². The molecule has 1 aromatic rings. The summed E-state index contributed by atoms with van der Waals surface area (Å²) in [5.74, 6) is -4.90. The number of carbonyl (C=O) groups excluding carboxylic acids is 6. The number of hydrogen-bond acceptors (Lipinski definition) is 7. The Bertz CT molecular complexity index is 1180. The van der Waals surface area contributed by atoms with Crippen LogP contribution in [0.3, 0.4) is 0 Å². The second kappa shape index (κ2) is 16.2. The van der Waals surface area contributed by atoms with Crippen molar-refractivity contribution in [3.8, 4) is 0 Å². The van der Waals surface area contributed by atoms with E-state index in [0.717, 1.165) is 13.1 Å². The van der Waals surface area contributed by atoms with Gasteiger partial charge in [-0.3, -0.25) is 28.8 Å². The summed E-state index contributed by atoms with van der Waals surface area (Å²) in [6.45, 7) is 17.2. The number of carbonyl (C=O) groups is 6. The van der Waals surface area contributed by atoms with E-state index in [1.807, 2.05) is 47.7 Å². The van der Waals surface area contributed by atoms with E-state index in [9.17, 15) is 28.8 Å². The molecule has 1 heterocycles. The Hall–Kier alpha value is -3.20. The smallest absolute Gasteiger partial charge is 0.226 e. The number of likely N-dealkylation sites (N-methyl/N-ethyl adjacent to an activating group) is 1. The number of piperazine rings is 1. The molecule has 0 radical (unpaired) electrons. The maximum Gasteiger partial charge on any atom is 0.226 e. The Balaban J connectivity index is 2.08. The van der Waals surface area contributed by atoms with Crippen molar-refractivity contribution in [1.82, 2.24) is 15.1 Å². The molecule has 0 aliphatic carbocycles. The molecule has 9 nitrogen and oxygen atoms in total. The number of nitrogens with zero attached hydrogens (tertiary/aromatic N) is 2. The Morgan fingerprint density at radius 1 is 0.773 bits per heavy atom. The summed E-state index contributed by atoms with van der Waals surface area (Å²) in [4.78, 5) is 83.4. The predicted molar refractivity (Wildman–Crippen MR) is 171 cm³/mol. The minimum Gasteiger partial charge on any atom is -0.346 e. The molecule has 0 saturated carbocycles. The monoisotopic (exact) mass is 611 g/mol. The number of rotatable bonds is 15. The second-order valence-electron chi connectivity index (χ2n) is 14.1. The highest BCUT2D eigenvalue weighted by atomic mass is 16.2. The largest absolute Gasteiger partial charge is 0.346 e. The summed E-state index contributed by atoms with van der Waals surface area (Å²) in [5.41, 5.74) is -0.0270. The van der Waals surface area contributed by atoms with E-state index in [4.69, 9.17) is 0 Å². The summed E-state index contributed by atoms with van der Waals surface area (Å²) < 4.78 is 0. The molecule has 2 amide bonds. The molecule has 244 valence electrons. The van der Waals surface area contributed by atoms with Crippen molar-refractivity contribution in [2.24, 2.45) is 35.0 Å². The van der Waals surface area contributed by atoms with Crippen LogP contribution in [0.2, 0.25) is 0 Å². The lowest BCUT2D eigenvalue weighted by Crippen LogP contribution is -2.50. The van der Waals surface area contributed by atoms with Gasteiger partial charge in [-0.1, -0.05) is 78.8 Å². The topological polar surface area (TPSA) is 121 Å². The van der Waals surface area contributed by atoms with Gasteiger partial charge in [-0.05, 0) is 31.2 Å². The Morgan fingerprint density at radius 2 is 1.32 bits per heavy atom. The Morgan fingerprint density at radius 3 is 1.82 bits per heavy atom. The van der Waals surface area contributed by atoms with E-state index in [0.29, 0.717) is 18.7 Å². The molecule has 1 saturated heterocycles. The van der Waals surface area contributed by atoms with Crippen LogP contribution in [0.4, 0.5) is 0 Å². The van der Waals surface area contributed by atoms with Gasteiger partial charge >= 0.3 is 0 Å². The molecule has 0 unspecified atom stereocenters. The van der Waals surface area contributed by atoms with E-state index in [1.165, 1.54) is 0 Å². The Labute approximate surface area is 263 Å². The van der Waals surface area contributed by atoms with E-state index < -0.39 is 46.7 Å². The highest BCUT2D eigenvalue weighted by molar-refractivity contribution is 6.38. The lowest BCUT2D eigenvalue weighted by Gasteiger charge is -2.35. The normalized spacial score (nSPS) is 17.1. The number of Topliss-reactive ketones (excluding diaryl/α,β-unsaturated/α-hetero) is 4. The van der Waals surface area contributed by atoms with Gasteiger partial charge in [-0.25, -0.2) is 0 Å². The molecular formula is C35H53N3O6. The molecule has 1 N–H and O–H groups in total. The van der Waals surface area contributed by atoms with Crippen LogP contribution < -0.4 is 5.32 Å². The van der Waals surface area contributed by atoms with Crippen LogP contribution in [0.25, 0.3) is 0 Å². The van der Waals surface area contributed by atoms with E-state index in [1.54, 1.807) is 49.9 Å². The minimum absolute atomic E-state index is 0.00820. The summed E-state index contributed by atoms with van der Waals surface area (Å²) in [6, 6.07) is 7.87. The highest BCUT2D eigenvalue weighted by Crippen LogP contribution is 2.31. The molecule has 0 aromatic heterocycles. The Kier molecular flexibility index (Phi) is 13.6. The van der Waals surface area contributed by atoms with Gasteiger partial charge in [0, 0.05) is 62.8 Å². The van der Waals surface area contributed by atoms with E-state index in [-0.39, 0.29) is 48.6 Å². The zero-order valence-electron chi connectivity index (χ0n) is 28.1. The first-order valence-corrected chi connectivity index (χ1v) is 15.9. The molecule has 4 atom stereocenters. The summed E-state index contributed by atoms with van der Waals surface area (Å²) >= 11 is 0. The number of benzene rings is 1. The van der Waals surface area contributed by atoms with Crippen LogP contribution in [-0.2, 0) is 24.0 Å². The van der Waals surface area contributed by atoms with Crippen molar-refractivity contribution in [2.45, 2.75) is 80.7 Å². The summed E-state index contributed by atoms with van der Waals surface area (Å²) in [7, 11) is 2.00. The first-order valence-electron chi connectivity index (χ1n) is 15.9. The average Bonchev–Trinajstić information content (AvgIpc) is 2.96. The van der Waals surface area contributed by atoms with E-state index in [2.05, 4.69) is 10.2 Å². The van der Waals surface area contributed by atoms with Crippen molar-refractivity contribution in [3.05, 3.63) is 35.9 Å². The molecular weight excluding hydrogens is 558 g/mol. The van der Waals surface area contributed by atoms with Gasteiger partial charge in [-0.15, -0.1) is 0 Å². The third kappa shape index (κ3) is 10.5. The van der Waals surface area contributed by atoms with Gasteiger partial charge in [0.25, 0.3) is 0 Å². The van der Waals surface area contributed by atoms with Gasteiger partial charge in [0.2, 0.25) is 17.6 Å². The fourth-order valence-electron chi connectivity index (χ4n) is 5.52. The maximum absolute atomic E-state index is 13.4. The summed E-state index contributed by atoms with van der Waals surface area (Å²) in [5, 5.41) is 2.77. The number of ketones is 4. The first kappa shape index (κ1) is 37.0. The molecule has 2 rings (SSSR count).